The molecule has 1 fully saturated rings. The molecule has 7 nitrogen and oxygen atoms in total. The Morgan fingerprint density at radius 1 is 1.47 bits per heavy atom. The number of hydrogen-bond donors (Lipinski definition) is 3. The molecule has 7 heteroatoms. The second kappa shape index (κ2) is 6.19. The number of carboxylic acid groups (broad SMARTS) is 1. The first-order chi connectivity index (χ1) is 7.99. The van der Waals surface area contributed by atoms with Crippen LogP contribution in [-0.4, -0.2) is 41.6 Å². The molecule has 0 saturated carbocycles. The summed E-state index contributed by atoms with van der Waals surface area (Å²) in [4.78, 5) is 32.9. The van der Waals surface area contributed by atoms with Gasteiger partial charge in [-0.1, -0.05) is 0 Å². The lowest BCUT2D eigenvalue weighted by molar-refractivity contribution is -0.143. The van der Waals surface area contributed by atoms with Gasteiger partial charge in [-0.15, -0.1) is 0 Å². The van der Waals surface area contributed by atoms with Crippen LogP contribution in [0.2, 0.25) is 0 Å². The normalized spacial score (nSPS) is 20.8. The van der Waals surface area contributed by atoms with Crippen molar-refractivity contribution in [3.8, 4) is 0 Å². The summed E-state index contributed by atoms with van der Waals surface area (Å²) >= 11 is 0. The zero-order chi connectivity index (χ0) is 12.8. The topological polar surface area (TPSA) is 119 Å². The SMILES string of the molecule is NC(=O)C[C@H](NC(=O)CC1CCCO1)C(=O)O. The Bertz CT molecular complexity index is 312. The van der Waals surface area contributed by atoms with E-state index in [0.29, 0.717) is 6.61 Å². The van der Waals surface area contributed by atoms with Crippen molar-refractivity contribution in [1.82, 2.24) is 5.32 Å². The number of hydrogen-bond acceptors (Lipinski definition) is 4. The summed E-state index contributed by atoms with van der Waals surface area (Å²) in [5.74, 6) is -2.48. The van der Waals surface area contributed by atoms with Crippen LogP contribution in [0.3, 0.4) is 0 Å². The van der Waals surface area contributed by atoms with Gasteiger partial charge < -0.3 is 20.9 Å². The van der Waals surface area contributed by atoms with Gasteiger partial charge in [0.05, 0.1) is 18.9 Å². The Labute approximate surface area is 98.3 Å². The van der Waals surface area contributed by atoms with Crippen LogP contribution < -0.4 is 11.1 Å². The number of nitrogens with two attached hydrogens (primary N) is 1. The lowest BCUT2D eigenvalue weighted by atomic mass is 10.1. The van der Waals surface area contributed by atoms with E-state index in [4.69, 9.17) is 15.6 Å². The maximum absolute atomic E-state index is 11.5. The van der Waals surface area contributed by atoms with E-state index < -0.39 is 30.2 Å². The van der Waals surface area contributed by atoms with E-state index in [1.54, 1.807) is 0 Å². The fourth-order valence-corrected chi connectivity index (χ4v) is 1.67. The van der Waals surface area contributed by atoms with Crippen molar-refractivity contribution in [2.45, 2.75) is 37.8 Å². The first-order valence-corrected chi connectivity index (χ1v) is 5.41. The molecule has 0 radical (unpaired) electrons. The molecule has 1 aliphatic rings. The van der Waals surface area contributed by atoms with Crippen molar-refractivity contribution in [1.29, 1.82) is 0 Å². The van der Waals surface area contributed by atoms with E-state index in [2.05, 4.69) is 5.32 Å². The van der Waals surface area contributed by atoms with Crippen molar-refractivity contribution >= 4 is 17.8 Å². The molecule has 1 saturated heterocycles. The molecule has 4 N–H and O–H groups in total. The van der Waals surface area contributed by atoms with Crippen molar-refractivity contribution in [3.05, 3.63) is 0 Å². The van der Waals surface area contributed by atoms with Crippen LogP contribution in [0.15, 0.2) is 0 Å². The van der Waals surface area contributed by atoms with E-state index in [1.165, 1.54) is 0 Å². The number of ether oxygens (including phenoxy) is 1. The summed E-state index contributed by atoms with van der Waals surface area (Å²) in [6.45, 7) is 0.627. The third-order valence-electron chi connectivity index (χ3n) is 2.48. The number of primary amides is 1. The van der Waals surface area contributed by atoms with Gasteiger partial charge in [0.25, 0.3) is 0 Å². The van der Waals surface area contributed by atoms with E-state index >= 15 is 0 Å². The van der Waals surface area contributed by atoms with Crippen molar-refractivity contribution < 1.29 is 24.2 Å². The van der Waals surface area contributed by atoms with E-state index in [9.17, 15) is 14.4 Å². The third kappa shape index (κ3) is 4.81. The van der Waals surface area contributed by atoms with Crippen LogP contribution in [0.4, 0.5) is 0 Å². The van der Waals surface area contributed by atoms with Crippen LogP contribution in [0.25, 0.3) is 0 Å². The number of carboxylic acids is 1. The molecule has 17 heavy (non-hydrogen) atoms. The van der Waals surface area contributed by atoms with E-state index in [1.807, 2.05) is 0 Å². The molecule has 2 atom stereocenters. The summed E-state index contributed by atoms with van der Waals surface area (Å²) < 4.78 is 5.25. The summed E-state index contributed by atoms with van der Waals surface area (Å²) in [6.07, 6.45) is 1.25. The minimum Gasteiger partial charge on any atom is -0.480 e. The zero-order valence-electron chi connectivity index (χ0n) is 9.35. The highest BCUT2D eigenvalue weighted by atomic mass is 16.5. The largest absolute Gasteiger partial charge is 0.480 e. The molecule has 0 bridgehead atoms. The highest BCUT2D eigenvalue weighted by molar-refractivity contribution is 5.88. The predicted octanol–water partition coefficient (Wildman–Crippen LogP) is -1.000. The molecule has 0 aromatic heterocycles. The van der Waals surface area contributed by atoms with Crippen LogP contribution in [0.5, 0.6) is 0 Å². The predicted molar refractivity (Wildman–Crippen MR) is 57.0 cm³/mol. The van der Waals surface area contributed by atoms with Crippen molar-refractivity contribution in [2.75, 3.05) is 6.61 Å². The van der Waals surface area contributed by atoms with Crippen LogP contribution in [-0.2, 0) is 19.1 Å². The summed E-state index contributed by atoms with van der Waals surface area (Å²) in [5.41, 5.74) is 4.89. The maximum atomic E-state index is 11.5. The molecule has 1 rings (SSSR count). The summed E-state index contributed by atoms with van der Waals surface area (Å²) in [6, 6.07) is -1.26. The number of nitrogens with one attached hydrogen (secondary N) is 1. The minimum absolute atomic E-state index is 0.114. The van der Waals surface area contributed by atoms with Gasteiger partial charge in [0.1, 0.15) is 6.04 Å². The quantitative estimate of drug-likeness (QED) is 0.553. The molecule has 0 aliphatic carbocycles. The van der Waals surface area contributed by atoms with Gasteiger partial charge >= 0.3 is 5.97 Å². The second-order valence-corrected chi connectivity index (χ2v) is 3.97. The Morgan fingerprint density at radius 3 is 2.65 bits per heavy atom. The van der Waals surface area contributed by atoms with Gasteiger partial charge in [-0.2, -0.15) is 0 Å². The monoisotopic (exact) mass is 244 g/mol. The van der Waals surface area contributed by atoms with Gasteiger partial charge in [0.2, 0.25) is 11.8 Å². The van der Waals surface area contributed by atoms with E-state index in [-0.39, 0.29) is 12.5 Å². The lowest BCUT2D eigenvalue weighted by Gasteiger charge is -2.14. The first kappa shape index (κ1) is 13.4. The molecule has 1 aliphatic heterocycles. The smallest absolute Gasteiger partial charge is 0.326 e. The number of amides is 2. The zero-order valence-corrected chi connectivity index (χ0v) is 9.35. The molecule has 0 aromatic rings. The molecule has 0 aromatic carbocycles. The van der Waals surface area contributed by atoms with Crippen LogP contribution in [0.1, 0.15) is 25.7 Å². The molecule has 1 unspecified atom stereocenters. The van der Waals surface area contributed by atoms with Crippen LogP contribution >= 0.6 is 0 Å². The second-order valence-electron chi connectivity index (χ2n) is 3.97. The van der Waals surface area contributed by atoms with Gasteiger partial charge in [0, 0.05) is 6.61 Å². The average Bonchev–Trinajstić information content (AvgIpc) is 2.68. The van der Waals surface area contributed by atoms with Gasteiger partial charge in [0.15, 0.2) is 0 Å². The number of carbonyl (C=O) groups is 3. The maximum Gasteiger partial charge on any atom is 0.326 e. The highest BCUT2D eigenvalue weighted by Gasteiger charge is 2.25. The lowest BCUT2D eigenvalue weighted by Crippen LogP contribution is -2.44. The Morgan fingerprint density at radius 2 is 2.18 bits per heavy atom. The molecule has 96 valence electrons. The average molecular weight is 244 g/mol. The molecular formula is C10H16N2O5. The number of aliphatic carboxylic acids is 1. The number of carbonyl (C=O) groups excluding carboxylic acids is 2. The van der Waals surface area contributed by atoms with Gasteiger partial charge in [-0.3, -0.25) is 9.59 Å². The molecule has 1 heterocycles. The summed E-state index contributed by atoms with van der Waals surface area (Å²) in [5, 5.41) is 11.0. The number of rotatable bonds is 6. The van der Waals surface area contributed by atoms with Crippen LogP contribution in [0, 0.1) is 0 Å². The Balaban J connectivity index is 2.40. The van der Waals surface area contributed by atoms with Crippen molar-refractivity contribution in [2.24, 2.45) is 5.73 Å². The van der Waals surface area contributed by atoms with E-state index in [0.717, 1.165) is 12.8 Å². The fourth-order valence-electron chi connectivity index (χ4n) is 1.67. The van der Waals surface area contributed by atoms with Crippen molar-refractivity contribution in [3.63, 3.8) is 0 Å². The molecule has 2 amide bonds. The summed E-state index contributed by atoms with van der Waals surface area (Å²) in [7, 11) is 0. The standard InChI is InChI=1S/C10H16N2O5/c11-8(13)5-7(10(15)16)12-9(14)4-6-2-1-3-17-6/h6-7H,1-5H2,(H2,11,13)(H,12,14)(H,15,16)/t6?,7-/m0/s1. The Kier molecular flexibility index (Phi) is 4.89. The molecular weight excluding hydrogens is 228 g/mol. The minimum atomic E-state index is -1.27. The first-order valence-electron chi connectivity index (χ1n) is 5.41. The highest BCUT2D eigenvalue weighted by Crippen LogP contribution is 2.15. The van der Waals surface area contributed by atoms with Gasteiger partial charge in [-0.25, -0.2) is 4.79 Å². The molecule has 0 spiro atoms. The fraction of sp³-hybridized carbons (Fsp3) is 0.700. The van der Waals surface area contributed by atoms with Gasteiger partial charge in [-0.05, 0) is 12.8 Å². The Hall–Kier alpha value is -1.63. The third-order valence-corrected chi connectivity index (χ3v) is 2.48.